The lowest BCUT2D eigenvalue weighted by Crippen LogP contribution is -2.02. The summed E-state index contributed by atoms with van der Waals surface area (Å²) in [4.78, 5) is 15.7. The molecule has 0 spiro atoms. The molecular formula is C58H38N4. The average Bonchev–Trinajstić information content (AvgIpc) is 3.37. The van der Waals surface area contributed by atoms with Crippen LogP contribution in [0.5, 0.6) is 0 Å². The first-order chi connectivity index (χ1) is 30.7. The number of nitriles is 1. The van der Waals surface area contributed by atoms with Gasteiger partial charge in [-0.25, -0.2) is 15.0 Å². The molecule has 0 N–H and O–H groups in total. The highest BCUT2D eigenvalue weighted by Crippen LogP contribution is 2.41. The largest absolute Gasteiger partial charge is 0.208 e. The summed E-state index contributed by atoms with van der Waals surface area (Å²) in [7, 11) is 0. The van der Waals surface area contributed by atoms with Gasteiger partial charge in [0.1, 0.15) is 0 Å². The highest BCUT2D eigenvalue weighted by Gasteiger charge is 2.20. The molecule has 0 aliphatic carbocycles. The predicted molar refractivity (Wildman–Crippen MR) is 253 cm³/mol. The van der Waals surface area contributed by atoms with Gasteiger partial charge in [-0.1, -0.05) is 212 Å². The number of nitrogens with zero attached hydrogens (tertiary/aromatic N) is 4. The van der Waals surface area contributed by atoms with E-state index in [0.29, 0.717) is 23.0 Å². The molecule has 4 nitrogen and oxygen atoms in total. The van der Waals surface area contributed by atoms with Crippen LogP contribution in [0.2, 0.25) is 0 Å². The van der Waals surface area contributed by atoms with E-state index in [4.69, 9.17) is 15.0 Å². The van der Waals surface area contributed by atoms with E-state index in [1.165, 1.54) is 16.7 Å². The van der Waals surface area contributed by atoms with Crippen molar-refractivity contribution in [2.75, 3.05) is 0 Å². The smallest absolute Gasteiger partial charge is 0.164 e. The fourth-order valence-corrected chi connectivity index (χ4v) is 8.00. The second-order valence-corrected chi connectivity index (χ2v) is 15.1. The van der Waals surface area contributed by atoms with Crippen molar-refractivity contribution >= 4 is 0 Å². The topological polar surface area (TPSA) is 62.5 Å². The van der Waals surface area contributed by atoms with Gasteiger partial charge in [0.2, 0.25) is 0 Å². The van der Waals surface area contributed by atoms with E-state index in [9.17, 15) is 5.26 Å². The van der Waals surface area contributed by atoms with E-state index < -0.39 is 0 Å². The minimum Gasteiger partial charge on any atom is -0.208 e. The van der Waals surface area contributed by atoms with Crippen LogP contribution in [0.1, 0.15) is 5.56 Å². The summed E-state index contributed by atoms with van der Waals surface area (Å²) < 4.78 is 0. The van der Waals surface area contributed by atoms with E-state index in [1.54, 1.807) is 0 Å². The number of hydrogen-bond acceptors (Lipinski definition) is 4. The number of rotatable bonds is 9. The molecule has 10 rings (SSSR count). The van der Waals surface area contributed by atoms with Gasteiger partial charge < -0.3 is 0 Å². The molecular weight excluding hydrogens is 753 g/mol. The van der Waals surface area contributed by atoms with Crippen molar-refractivity contribution in [3.8, 4) is 107 Å². The normalized spacial score (nSPS) is 10.9. The van der Waals surface area contributed by atoms with Crippen molar-refractivity contribution in [1.29, 1.82) is 5.26 Å². The third-order valence-electron chi connectivity index (χ3n) is 11.2. The monoisotopic (exact) mass is 790 g/mol. The van der Waals surface area contributed by atoms with Crippen LogP contribution in [0.25, 0.3) is 101 Å². The molecule has 0 aliphatic heterocycles. The number of hydrogen-bond donors (Lipinski definition) is 0. The van der Waals surface area contributed by atoms with Crippen LogP contribution in [0, 0.1) is 11.3 Å². The van der Waals surface area contributed by atoms with Crippen molar-refractivity contribution in [3.05, 3.63) is 236 Å². The van der Waals surface area contributed by atoms with Gasteiger partial charge in [0.15, 0.2) is 17.5 Å². The predicted octanol–water partition coefficient (Wildman–Crippen LogP) is 14.7. The second kappa shape index (κ2) is 17.0. The molecule has 0 amide bonds. The van der Waals surface area contributed by atoms with Gasteiger partial charge in [0.25, 0.3) is 0 Å². The van der Waals surface area contributed by atoms with Crippen LogP contribution >= 0.6 is 0 Å². The first-order valence-electron chi connectivity index (χ1n) is 20.6. The first-order valence-corrected chi connectivity index (χ1v) is 20.6. The molecule has 0 bridgehead atoms. The third kappa shape index (κ3) is 7.82. The van der Waals surface area contributed by atoms with Gasteiger partial charge in [0, 0.05) is 22.3 Å². The quantitative estimate of drug-likeness (QED) is 0.146. The van der Waals surface area contributed by atoms with Gasteiger partial charge in [-0.05, 0) is 79.4 Å². The summed E-state index contributed by atoms with van der Waals surface area (Å²) in [5.41, 5.74) is 16.5. The molecule has 0 atom stereocenters. The molecule has 10 aromatic rings. The summed E-state index contributed by atoms with van der Waals surface area (Å²) in [6.45, 7) is 0. The highest BCUT2D eigenvalue weighted by molar-refractivity contribution is 5.94. The van der Waals surface area contributed by atoms with Gasteiger partial charge >= 0.3 is 0 Å². The molecule has 0 radical (unpaired) electrons. The third-order valence-corrected chi connectivity index (χ3v) is 11.2. The SMILES string of the molecule is N#Cc1ccc(-c2cccc(-c3nc(-c4ccc(-c5ccc(-c6ccccc6)cc5)cc4)nc(-c4cccc(-c5ccccc5)c4-c4ccc(-c5ccccc5)cc4)n3)c2)cc1. The fourth-order valence-electron chi connectivity index (χ4n) is 8.00. The van der Waals surface area contributed by atoms with E-state index >= 15 is 0 Å². The summed E-state index contributed by atoms with van der Waals surface area (Å²) >= 11 is 0. The van der Waals surface area contributed by atoms with Crippen LogP contribution in [-0.4, -0.2) is 15.0 Å². The van der Waals surface area contributed by atoms with Crippen LogP contribution in [0.3, 0.4) is 0 Å². The zero-order valence-electron chi connectivity index (χ0n) is 33.7. The summed E-state index contributed by atoms with van der Waals surface area (Å²) in [6, 6.07) is 81.8. The lowest BCUT2D eigenvalue weighted by Gasteiger charge is -2.17. The summed E-state index contributed by atoms with van der Waals surface area (Å²) in [5.74, 6) is 1.72. The van der Waals surface area contributed by atoms with E-state index in [0.717, 1.165) is 66.8 Å². The van der Waals surface area contributed by atoms with Crippen molar-refractivity contribution in [2.24, 2.45) is 0 Å². The van der Waals surface area contributed by atoms with Gasteiger partial charge in [0.05, 0.1) is 11.6 Å². The minimum absolute atomic E-state index is 0.566. The van der Waals surface area contributed by atoms with Gasteiger partial charge in [-0.2, -0.15) is 5.26 Å². The van der Waals surface area contributed by atoms with Crippen molar-refractivity contribution in [3.63, 3.8) is 0 Å². The van der Waals surface area contributed by atoms with Crippen molar-refractivity contribution < 1.29 is 0 Å². The standard InChI is InChI=1S/C58H38N4/c59-39-40-22-24-47(25-23-40)51-18-10-19-52(38-51)57-60-56(50-36-32-46(33-37-50)45-28-26-43(27-29-45)41-12-4-1-5-13-41)61-58(62-57)54-21-11-20-53(48-16-8-3-9-17-48)55(54)49-34-30-44(31-35-49)42-14-6-2-7-15-42/h1-38H. The van der Waals surface area contributed by atoms with Gasteiger partial charge in [-0.15, -0.1) is 0 Å². The van der Waals surface area contributed by atoms with Gasteiger partial charge in [-0.3, -0.25) is 0 Å². The molecule has 0 unspecified atom stereocenters. The number of aromatic nitrogens is 3. The van der Waals surface area contributed by atoms with Crippen molar-refractivity contribution in [1.82, 2.24) is 15.0 Å². The Morgan fingerprint density at radius 3 is 1.15 bits per heavy atom. The van der Waals surface area contributed by atoms with Crippen LogP contribution in [0.4, 0.5) is 0 Å². The zero-order chi connectivity index (χ0) is 41.7. The molecule has 9 aromatic carbocycles. The first kappa shape index (κ1) is 37.7. The maximum absolute atomic E-state index is 9.42. The van der Waals surface area contributed by atoms with Crippen LogP contribution < -0.4 is 0 Å². The highest BCUT2D eigenvalue weighted by atomic mass is 15.0. The Bertz CT molecular complexity index is 3170. The van der Waals surface area contributed by atoms with Crippen LogP contribution in [0.15, 0.2) is 231 Å². The lowest BCUT2D eigenvalue weighted by atomic mass is 9.89. The number of benzene rings is 9. The molecule has 62 heavy (non-hydrogen) atoms. The maximum atomic E-state index is 9.42. The Labute approximate surface area is 361 Å². The molecule has 0 fully saturated rings. The fraction of sp³-hybridized carbons (Fsp3) is 0. The van der Waals surface area contributed by atoms with E-state index in [-0.39, 0.29) is 0 Å². The van der Waals surface area contributed by atoms with Crippen molar-refractivity contribution in [2.45, 2.75) is 0 Å². The van der Waals surface area contributed by atoms with E-state index in [1.807, 2.05) is 54.6 Å². The minimum atomic E-state index is 0.566. The molecule has 1 heterocycles. The summed E-state index contributed by atoms with van der Waals surface area (Å²) in [6.07, 6.45) is 0. The molecule has 0 saturated carbocycles. The average molecular weight is 791 g/mol. The molecule has 290 valence electrons. The maximum Gasteiger partial charge on any atom is 0.164 e. The Morgan fingerprint density at radius 1 is 0.258 bits per heavy atom. The lowest BCUT2D eigenvalue weighted by molar-refractivity contribution is 1.07. The Hall–Kier alpha value is -8.52. The Morgan fingerprint density at radius 2 is 0.613 bits per heavy atom. The molecule has 4 heteroatoms. The molecule has 0 aliphatic rings. The molecule has 1 aromatic heterocycles. The van der Waals surface area contributed by atoms with Crippen LogP contribution in [-0.2, 0) is 0 Å². The summed E-state index contributed by atoms with van der Waals surface area (Å²) in [5, 5.41) is 9.42. The Kier molecular flexibility index (Phi) is 10.3. The zero-order valence-corrected chi connectivity index (χ0v) is 33.7. The second-order valence-electron chi connectivity index (χ2n) is 15.1. The molecule has 0 saturated heterocycles. The Balaban J connectivity index is 1.11. The van der Waals surface area contributed by atoms with E-state index in [2.05, 4.69) is 182 Å².